The van der Waals surface area contributed by atoms with Gasteiger partial charge >= 0.3 is 6.09 Å². The summed E-state index contributed by atoms with van der Waals surface area (Å²) in [6, 6.07) is 0. The van der Waals surface area contributed by atoms with E-state index in [9.17, 15) is 13.2 Å². The first-order chi connectivity index (χ1) is 8.07. The summed E-state index contributed by atoms with van der Waals surface area (Å²) in [7, 11) is -3.49. The standard InChI is InChI=1S/C11H22N2O4S/c1-11(2,3)17-10(14)13-6-4-5-9(7-13)8-18(12,15)16/h9H,4-8H2,1-3H3,(H2,12,15,16). The van der Waals surface area contributed by atoms with Crippen molar-refractivity contribution in [3.8, 4) is 0 Å². The number of hydrogen-bond acceptors (Lipinski definition) is 4. The Hall–Kier alpha value is -0.820. The molecule has 7 heteroatoms. The van der Waals surface area contributed by atoms with E-state index in [0.717, 1.165) is 12.8 Å². The second kappa shape index (κ2) is 5.44. The lowest BCUT2D eigenvalue weighted by molar-refractivity contribution is 0.0176. The molecule has 0 radical (unpaired) electrons. The van der Waals surface area contributed by atoms with Crippen LogP contribution >= 0.6 is 0 Å². The third-order valence-electron chi connectivity index (χ3n) is 2.64. The van der Waals surface area contributed by atoms with E-state index >= 15 is 0 Å². The number of likely N-dealkylation sites (tertiary alicyclic amines) is 1. The van der Waals surface area contributed by atoms with Crippen molar-refractivity contribution in [1.29, 1.82) is 0 Å². The zero-order chi connectivity index (χ0) is 14.0. The van der Waals surface area contributed by atoms with Gasteiger partial charge in [0.25, 0.3) is 0 Å². The second-order valence-corrected chi connectivity index (χ2v) is 7.42. The molecule has 1 fully saturated rings. The van der Waals surface area contributed by atoms with Gasteiger partial charge in [0.05, 0.1) is 5.75 Å². The molecule has 0 bridgehead atoms. The van der Waals surface area contributed by atoms with E-state index in [1.54, 1.807) is 25.7 Å². The van der Waals surface area contributed by atoms with Crippen molar-refractivity contribution in [2.24, 2.45) is 11.1 Å². The third kappa shape index (κ3) is 5.68. The van der Waals surface area contributed by atoms with E-state index in [1.807, 2.05) is 0 Å². The van der Waals surface area contributed by atoms with Crippen LogP contribution in [0.15, 0.2) is 0 Å². The third-order valence-corrected chi connectivity index (χ3v) is 3.57. The Kier molecular flexibility index (Phi) is 4.61. The number of piperidine rings is 1. The number of nitrogens with zero attached hydrogens (tertiary/aromatic N) is 1. The minimum Gasteiger partial charge on any atom is -0.444 e. The highest BCUT2D eigenvalue weighted by molar-refractivity contribution is 7.89. The Labute approximate surface area is 109 Å². The van der Waals surface area contributed by atoms with Crippen LogP contribution in [-0.2, 0) is 14.8 Å². The van der Waals surface area contributed by atoms with Crippen LogP contribution < -0.4 is 5.14 Å². The summed E-state index contributed by atoms with van der Waals surface area (Å²) < 4.78 is 27.4. The van der Waals surface area contributed by atoms with Crippen LogP contribution in [0.25, 0.3) is 0 Å². The largest absolute Gasteiger partial charge is 0.444 e. The van der Waals surface area contributed by atoms with Crippen LogP contribution in [0.2, 0.25) is 0 Å². The molecule has 0 aromatic carbocycles. The topological polar surface area (TPSA) is 89.7 Å². The van der Waals surface area contributed by atoms with Crippen molar-refractivity contribution in [3.63, 3.8) is 0 Å². The van der Waals surface area contributed by atoms with E-state index in [-0.39, 0.29) is 17.8 Å². The molecule has 0 spiro atoms. The first kappa shape index (κ1) is 15.2. The van der Waals surface area contributed by atoms with Crippen molar-refractivity contribution in [3.05, 3.63) is 0 Å². The molecule has 2 N–H and O–H groups in total. The first-order valence-electron chi connectivity index (χ1n) is 6.05. The summed E-state index contributed by atoms with van der Waals surface area (Å²) in [6.45, 7) is 6.41. The van der Waals surface area contributed by atoms with E-state index in [2.05, 4.69) is 0 Å². The number of sulfonamides is 1. The molecular weight excluding hydrogens is 256 g/mol. The maximum Gasteiger partial charge on any atom is 0.410 e. The van der Waals surface area contributed by atoms with Gasteiger partial charge in [0.15, 0.2) is 0 Å². The zero-order valence-corrected chi connectivity index (χ0v) is 12.0. The predicted molar refractivity (Wildman–Crippen MR) is 68.5 cm³/mol. The van der Waals surface area contributed by atoms with Gasteiger partial charge in [-0.05, 0) is 39.5 Å². The van der Waals surface area contributed by atoms with Gasteiger partial charge < -0.3 is 9.64 Å². The Morgan fingerprint density at radius 2 is 2.06 bits per heavy atom. The molecule has 1 aliphatic heterocycles. The van der Waals surface area contributed by atoms with Gasteiger partial charge in [-0.25, -0.2) is 18.4 Å². The van der Waals surface area contributed by atoms with Crippen molar-refractivity contribution in [2.75, 3.05) is 18.8 Å². The minimum absolute atomic E-state index is 0.0771. The molecule has 106 valence electrons. The Morgan fingerprint density at radius 1 is 1.44 bits per heavy atom. The lowest BCUT2D eigenvalue weighted by Gasteiger charge is -2.33. The lowest BCUT2D eigenvalue weighted by atomic mass is 10.0. The maximum absolute atomic E-state index is 11.8. The number of ether oxygens (including phenoxy) is 1. The molecule has 1 aliphatic rings. The number of amides is 1. The quantitative estimate of drug-likeness (QED) is 0.813. The number of rotatable bonds is 2. The number of hydrogen-bond donors (Lipinski definition) is 1. The summed E-state index contributed by atoms with van der Waals surface area (Å²) in [4.78, 5) is 13.4. The smallest absolute Gasteiger partial charge is 0.410 e. The van der Waals surface area contributed by atoms with Gasteiger partial charge in [0.1, 0.15) is 5.60 Å². The highest BCUT2D eigenvalue weighted by Gasteiger charge is 2.29. The van der Waals surface area contributed by atoms with Crippen LogP contribution in [0, 0.1) is 5.92 Å². The Balaban J connectivity index is 2.56. The monoisotopic (exact) mass is 278 g/mol. The fourth-order valence-electron chi connectivity index (χ4n) is 2.02. The van der Waals surface area contributed by atoms with Gasteiger partial charge in [-0.3, -0.25) is 0 Å². The maximum atomic E-state index is 11.8. The molecule has 0 aromatic heterocycles. The highest BCUT2D eigenvalue weighted by Crippen LogP contribution is 2.20. The van der Waals surface area contributed by atoms with Gasteiger partial charge in [-0.15, -0.1) is 0 Å². The normalized spacial score (nSPS) is 21.8. The molecular formula is C11H22N2O4S. The molecule has 0 aromatic rings. The predicted octanol–water partition coefficient (Wildman–Crippen LogP) is 0.922. The van der Waals surface area contributed by atoms with E-state index in [0.29, 0.717) is 13.1 Å². The molecule has 1 rings (SSSR count). The lowest BCUT2D eigenvalue weighted by Crippen LogP contribution is -2.44. The first-order valence-corrected chi connectivity index (χ1v) is 7.77. The van der Waals surface area contributed by atoms with Crippen molar-refractivity contribution < 1.29 is 17.9 Å². The molecule has 1 atom stereocenters. The van der Waals surface area contributed by atoms with Gasteiger partial charge in [-0.1, -0.05) is 0 Å². The highest BCUT2D eigenvalue weighted by atomic mass is 32.2. The van der Waals surface area contributed by atoms with E-state index in [4.69, 9.17) is 9.88 Å². The van der Waals surface area contributed by atoms with Crippen LogP contribution in [0.4, 0.5) is 4.79 Å². The molecule has 0 aliphatic carbocycles. The van der Waals surface area contributed by atoms with Crippen molar-refractivity contribution in [2.45, 2.75) is 39.2 Å². The average molecular weight is 278 g/mol. The summed E-state index contributed by atoms with van der Waals surface area (Å²) in [5.74, 6) is -0.173. The second-order valence-electron chi connectivity index (χ2n) is 5.76. The van der Waals surface area contributed by atoms with Gasteiger partial charge in [0, 0.05) is 13.1 Å². The van der Waals surface area contributed by atoms with Gasteiger partial charge in [-0.2, -0.15) is 0 Å². The van der Waals surface area contributed by atoms with E-state index < -0.39 is 15.6 Å². The minimum atomic E-state index is -3.49. The fraction of sp³-hybridized carbons (Fsp3) is 0.909. The summed E-state index contributed by atoms with van der Waals surface area (Å²) >= 11 is 0. The average Bonchev–Trinajstić information content (AvgIpc) is 2.12. The zero-order valence-electron chi connectivity index (χ0n) is 11.2. The van der Waals surface area contributed by atoms with Crippen LogP contribution in [0.3, 0.4) is 0 Å². The van der Waals surface area contributed by atoms with Crippen molar-refractivity contribution >= 4 is 16.1 Å². The van der Waals surface area contributed by atoms with E-state index in [1.165, 1.54) is 0 Å². The summed E-state index contributed by atoms with van der Waals surface area (Å²) in [5, 5.41) is 5.03. The Bertz CT molecular complexity index is 400. The van der Waals surface area contributed by atoms with Gasteiger partial charge in [0.2, 0.25) is 10.0 Å². The Morgan fingerprint density at radius 3 is 2.56 bits per heavy atom. The molecule has 0 saturated carbocycles. The van der Waals surface area contributed by atoms with Crippen LogP contribution in [0.1, 0.15) is 33.6 Å². The molecule has 1 saturated heterocycles. The van der Waals surface area contributed by atoms with Crippen molar-refractivity contribution in [1.82, 2.24) is 4.90 Å². The molecule has 1 unspecified atom stereocenters. The molecule has 6 nitrogen and oxygen atoms in total. The van der Waals surface area contributed by atoms with Crippen LogP contribution in [0.5, 0.6) is 0 Å². The number of nitrogens with two attached hydrogens (primary N) is 1. The fourth-order valence-corrected chi connectivity index (χ4v) is 2.95. The SMILES string of the molecule is CC(C)(C)OC(=O)N1CCCC(CS(N)(=O)=O)C1. The van der Waals surface area contributed by atoms with Crippen LogP contribution in [-0.4, -0.2) is 43.9 Å². The molecule has 18 heavy (non-hydrogen) atoms. The summed E-state index contributed by atoms with van der Waals surface area (Å²) in [5.41, 5.74) is -0.538. The molecule has 1 amide bonds. The summed E-state index contributed by atoms with van der Waals surface area (Å²) in [6.07, 6.45) is 1.16. The number of carbonyl (C=O) groups excluding carboxylic acids is 1. The number of primary sulfonamides is 1. The molecule has 1 heterocycles. The number of carbonyl (C=O) groups is 1.